The van der Waals surface area contributed by atoms with Crippen LogP contribution < -0.4 is 15.0 Å². The lowest BCUT2D eigenvalue weighted by Gasteiger charge is -2.23. The Bertz CT molecular complexity index is 1210. The summed E-state index contributed by atoms with van der Waals surface area (Å²) in [6.07, 6.45) is 2.59. The summed E-state index contributed by atoms with van der Waals surface area (Å²) in [5.74, 6) is 1.20. The molecule has 3 aromatic rings. The Balaban J connectivity index is 1.51. The average Bonchev–Trinajstić information content (AvgIpc) is 3.03. The number of amides is 2. The zero-order chi connectivity index (χ0) is 25.5. The van der Waals surface area contributed by atoms with Gasteiger partial charge in [-0.2, -0.15) is 0 Å². The second-order valence-corrected chi connectivity index (χ2v) is 9.05. The van der Waals surface area contributed by atoms with Gasteiger partial charge < -0.3 is 24.6 Å². The van der Waals surface area contributed by atoms with Gasteiger partial charge in [-0.05, 0) is 29.5 Å². The van der Waals surface area contributed by atoms with Crippen LogP contribution in [-0.2, 0) is 11.3 Å². The number of anilines is 1. The number of carbonyl (C=O) groups excluding carboxylic acids is 2. The minimum absolute atomic E-state index is 0.0993. The highest BCUT2D eigenvalue weighted by atomic mass is 32.2. The lowest BCUT2D eigenvalue weighted by atomic mass is 10.1. The van der Waals surface area contributed by atoms with Crippen molar-refractivity contribution in [3.8, 4) is 5.75 Å². The van der Waals surface area contributed by atoms with Crippen molar-refractivity contribution < 1.29 is 19.1 Å². The molecule has 1 N–H and O–H groups in total. The molecule has 10 heteroatoms. The molecule has 0 aliphatic carbocycles. The van der Waals surface area contributed by atoms with Gasteiger partial charge in [0.25, 0.3) is 5.91 Å². The number of aromatic nitrogens is 2. The van der Waals surface area contributed by atoms with Crippen molar-refractivity contribution in [1.29, 1.82) is 0 Å². The van der Waals surface area contributed by atoms with Crippen LogP contribution in [0.5, 0.6) is 5.75 Å². The van der Waals surface area contributed by atoms with Crippen LogP contribution in [0, 0.1) is 0 Å². The third-order valence-electron chi connectivity index (χ3n) is 5.85. The topological polar surface area (TPSA) is 96.9 Å². The van der Waals surface area contributed by atoms with Crippen molar-refractivity contribution in [3.05, 3.63) is 77.5 Å². The Morgan fingerprint density at radius 3 is 2.72 bits per heavy atom. The fourth-order valence-corrected chi connectivity index (χ4v) is 4.28. The van der Waals surface area contributed by atoms with Gasteiger partial charge in [0.15, 0.2) is 5.16 Å². The maximum atomic E-state index is 13.3. The van der Waals surface area contributed by atoms with Crippen LogP contribution >= 0.6 is 11.8 Å². The number of benzene rings is 2. The highest BCUT2D eigenvalue weighted by Crippen LogP contribution is 2.26. The SMILES string of the molecule is COC(=O)NCC(Oc1cccc(CN2CCN(C)c3nc(SC)ncc3C2=O)c1)c1ccccc1. The number of hydrogen-bond acceptors (Lipinski definition) is 8. The van der Waals surface area contributed by atoms with Crippen LogP contribution in [0.15, 0.2) is 66.0 Å². The van der Waals surface area contributed by atoms with E-state index in [9.17, 15) is 9.59 Å². The van der Waals surface area contributed by atoms with E-state index in [4.69, 9.17) is 9.47 Å². The summed E-state index contributed by atoms with van der Waals surface area (Å²) >= 11 is 1.45. The molecule has 4 rings (SSSR count). The second kappa shape index (κ2) is 11.8. The normalized spacial score (nSPS) is 14.0. The number of hydrogen-bond donors (Lipinski definition) is 1. The largest absolute Gasteiger partial charge is 0.484 e. The van der Waals surface area contributed by atoms with E-state index in [1.165, 1.54) is 18.9 Å². The molecule has 0 fully saturated rings. The summed E-state index contributed by atoms with van der Waals surface area (Å²) in [7, 11) is 3.26. The molecule has 1 aliphatic heterocycles. The molecule has 0 saturated heterocycles. The molecule has 1 atom stereocenters. The molecule has 0 bridgehead atoms. The number of carbonyl (C=O) groups is 2. The van der Waals surface area contributed by atoms with E-state index >= 15 is 0 Å². The third kappa shape index (κ3) is 6.06. The fraction of sp³-hybridized carbons (Fsp3) is 0.308. The van der Waals surface area contributed by atoms with Crippen molar-refractivity contribution >= 4 is 29.6 Å². The van der Waals surface area contributed by atoms with Crippen molar-refractivity contribution in [2.75, 3.05) is 44.9 Å². The number of fused-ring (bicyclic) bond motifs is 1. The van der Waals surface area contributed by atoms with Gasteiger partial charge in [0.05, 0.1) is 13.7 Å². The minimum Gasteiger partial charge on any atom is -0.484 e. The first-order valence-electron chi connectivity index (χ1n) is 11.5. The molecule has 1 aromatic heterocycles. The molecule has 36 heavy (non-hydrogen) atoms. The molecule has 9 nitrogen and oxygen atoms in total. The van der Waals surface area contributed by atoms with E-state index in [0.29, 0.717) is 41.9 Å². The van der Waals surface area contributed by atoms with Crippen LogP contribution in [0.2, 0.25) is 0 Å². The summed E-state index contributed by atoms with van der Waals surface area (Å²) in [6.45, 7) is 1.88. The molecule has 0 radical (unpaired) electrons. The Hall–Kier alpha value is -3.79. The second-order valence-electron chi connectivity index (χ2n) is 8.28. The van der Waals surface area contributed by atoms with E-state index in [1.54, 1.807) is 11.1 Å². The van der Waals surface area contributed by atoms with Gasteiger partial charge in [-0.3, -0.25) is 4.79 Å². The molecular weight excluding hydrogens is 478 g/mol. The minimum atomic E-state index is -0.521. The summed E-state index contributed by atoms with van der Waals surface area (Å²) < 4.78 is 11.0. The Morgan fingerprint density at radius 2 is 1.97 bits per heavy atom. The highest BCUT2D eigenvalue weighted by molar-refractivity contribution is 7.98. The molecule has 0 saturated carbocycles. The number of rotatable bonds is 8. The zero-order valence-corrected chi connectivity index (χ0v) is 21.3. The number of nitrogens with one attached hydrogen (secondary N) is 1. The average molecular weight is 508 g/mol. The Kier molecular flexibility index (Phi) is 8.27. The lowest BCUT2D eigenvalue weighted by Crippen LogP contribution is -2.33. The van der Waals surface area contributed by atoms with Crippen molar-refractivity contribution in [3.63, 3.8) is 0 Å². The van der Waals surface area contributed by atoms with Crippen molar-refractivity contribution in [1.82, 2.24) is 20.2 Å². The molecule has 2 amide bonds. The molecule has 1 aliphatic rings. The number of nitrogens with zero attached hydrogens (tertiary/aromatic N) is 4. The highest BCUT2D eigenvalue weighted by Gasteiger charge is 2.27. The molecule has 2 heterocycles. The smallest absolute Gasteiger partial charge is 0.406 e. The molecule has 2 aromatic carbocycles. The number of likely N-dealkylation sites (N-methyl/N-ethyl adjacent to an activating group) is 1. The van der Waals surface area contributed by atoms with Crippen molar-refractivity contribution in [2.45, 2.75) is 17.8 Å². The van der Waals surface area contributed by atoms with Gasteiger partial charge in [0.2, 0.25) is 0 Å². The zero-order valence-electron chi connectivity index (χ0n) is 20.5. The molecule has 1 unspecified atom stereocenters. The summed E-state index contributed by atoms with van der Waals surface area (Å²) in [4.78, 5) is 37.6. The monoisotopic (exact) mass is 507 g/mol. The number of methoxy groups -OCH3 is 1. The summed E-state index contributed by atoms with van der Waals surface area (Å²) in [5.41, 5.74) is 2.35. The molecule has 0 spiro atoms. The van der Waals surface area contributed by atoms with Crippen LogP contribution in [0.1, 0.15) is 27.6 Å². The first-order valence-corrected chi connectivity index (χ1v) is 12.7. The predicted octanol–water partition coefficient (Wildman–Crippen LogP) is 3.77. The van der Waals surface area contributed by atoms with E-state index in [0.717, 1.165) is 11.1 Å². The summed E-state index contributed by atoms with van der Waals surface area (Å²) in [5, 5.41) is 3.35. The van der Waals surface area contributed by atoms with Gasteiger partial charge in [0, 0.05) is 32.9 Å². The number of alkyl carbamates (subject to hydrolysis) is 1. The van der Waals surface area contributed by atoms with E-state index < -0.39 is 12.2 Å². The van der Waals surface area contributed by atoms with E-state index in [-0.39, 0.29) is 12.5 Å². The lowest BCUT2D eigenvalue weighted by molar-refractivity contribution is 0.0754. The van der Waals surface area contributed by atoms with Gasteiger partial charge in [-0.1, -0.05) is 54.2 Å². The first kappa shape index (κ1) is 25.3. The van der Waals surface area contributed by atoms with Crippen molar-refractivity contribution in [2.24, 2.45) is 0 Å². The standard InChI is InChI=1S/C26H29N5O4S/c1-30-12-13-31(24(32)21-15-27-25(36-3)29-23(21)30)17-18-8-7-11-20(14-18)35-22(16-28-26(33)34-2)19-9-5-4-6-10-19/h4-11,14-15,22H,12-13,16-17H2,1-3H3,(H,28,33). The first-order chi connectivity index (χ1) is 17.5. The van der Waals surface area contributed by atoms with Crippen LogP contribution in [0.3, 0.4) is 0 Å². The number of ether oxygens (including phenoxy) is 2. The third-order valence-corrected chi connectivity index (χ3v) is 6.41. The van der Waals surface area contributed by atoms with Crippen LogP contribution in [0.25, 0.3) is 0 Å². The van der Waals surface area contributed by atoms with Crippen LogP contribution in [-0.4, -0.2) is 66.9 Å². The Labute approximate surface area is 214 Å². The quantitative estimate of drug-likeness (QED) is 0.364. The van der Waals surface area contributed by atoms with Gasteiger partial charge in [-0.25, -0.2) is 14.8 Å². The van der Waals surface area contributed by atoms with Crippen LogP contribution in [0.4, 0.5) is 10.6 Å². The molecule has 188 valence electrons. The maximum absolute atomic E-state index is 13.3. The Morgan fingerprint density at radius 1 is 1.17 bits per heavy atom. The maximum Gasteiger partial charge on any atom is 0.406 e. The number of thioether (sulfide) groups is 1. The predicted molar refractivity (Wildman–Crippen MR) is 138 cm³/mol. The summed E-state index contributed by atoms with van der Waals surface area (Å²) in [6, 6.07) is 17.3. The van der Waals surface area contributed by atoms with E-state index in [1.807, 2.05) is 72.8 Å². The van der Waals surface area contributed by atoms with E-state index in [2.05, 4.69) is 15.3 Å². The molecular formula is C26H29N5O4S. The van der Waals surface area contributed by atoms with Gasteiger partial charge in [-0.15, -0.1) is 0 Å². The van der Waals surface area contributed by atoms with Gasteiger partial charge in [0.1, 0.15) is 23.2 Å². The van der Waals surface area contributed by atoms with Gasteiger partial charge >= 0.3 is 6.09 Å². The fourth-order valence-electron chi connectivity index (χ4n) is 3.94.